The molecule has 5 fully saturated rings. The van der Waals surface area contributed by atoms with Crippen LogP contribution in [0, 0.1) is 34.0 Å². The minimum Gasteiger partial charge on any atom is -0.462 e. The Morgan fingerprint density at radius 3 is 2.52 bits per heavy atom. The lowest BCUT2D eigenvalue weighted by atomic mass is 9.55. The number of piperidine rings is 2. The van der Waals surface area contributed by atoms with Crippen LogP contribution in [0.5, 0.6) is 0 Å². The van der Waals surface area contributed by atoms with Crippen LogP contribution < -0.4 is 0 Å². The zero-order valence-corrected chi connectivity index (χ0v) is 19.0. The highest BCUT2D eigenvalue weighted by Crippen LogP contribution is 2.57. The van der Waals surface area contributed by atoms with Crippen molar-refractivity contribution in [3.8, 4) is 0 Å². The van der Waals surface area contributed by atoms with E-state index in [1.165, 1.54) is 44.3 Å². The first-order valence-corrected chi connectivity index (χ1v) is 11.9. The summed E-state index contributed by atoms with van der Waals surface area (Å²) in [5.74, 6) is 1.11. The minimum absolute atomic E-state index is 0.0584. The van der Waals surface area contributed by atoms with E-state index in [1.807, 2.05) is 0 Å². The molecule has 2 bridgehead atoms. The highest BCUT2D eigenvalue weighted by molar-refractivity contribution is 5.75. The third-order valence-electron chi connectivity index (χ3n) is 9.14. The summed E-state index contributed by atoms with van der Waals surface area (Å²) in [7, 11) is 2.26. The van der Waals surface area contributed by atoms with Crippen LogP contribution in [-0.4, -0.2) is 61.6 Å². The number of likely N-dealkylation sites (tertiary alicyclic amines) is 2. The molecule has 0 aromatic heterocycles. The number of esters is 1. The van der Waals surface area contributed by atoms with Gasteiger partial charge in [0.25, 0.3) is 0 Å². The predicted molar refractivity (Wildman–Crippen MR) is 115 cm³/mol. The van der Waals surface area contributed by atoms with Crippen LogP contribution in [0.15, 0.2) is 12.2 Å². The van der Waals surface area contributed by atoms with Gasteiger partial charge in [0.2, 0.25) is 0 Å². The van der Waals surface area contributed by atoms with Crippen LogP contribution >= 0.6 is 0 Å². The van der Waals surface area contributed by atoms with Gasteiger partial charge in [0.15, 0.2) is 0 Å². The van der Waals surface area contributed by atoms with Crippen molar-refractivity contribution in [1.29, 1.82) is 0 Å². The summed E-state index contributed by atoms with van der Waals surface area (Å²) in [5.41, 5.74) is 2.40. The van der Waals surface area contributed by atoms with Gasteiger partial charge in [-0.3, -0.25) is 4.79 Å². The quantitative estimate of drug-likeness (QED) is 0.519. The Balaban J connectivity index is 1.33. The topological polar surface area (TPSA) is 32.8 Å². The Labute approximate surface area is 177 Å². The fourth-order valence-electron chi connectivity index (χ4n) is 8.72. The zero-order valence-electron chi connectivity index (χ0n) is 19.0. The highest BCUT2D eigenvalue weighted by Gasteiger charge is 2.56. The number of rotatable bonds is 2. The van der Waals surface area contributed by atoms with Crippen LogP contribution in [0.4, 0.5) is 0 Å². The van der Waals surface area contributed by atoms with Gasteiger partial charge in [-0.15, -0.1) is 0 Å². The SMILES string of the molecule is C=C1CCC[C@]2(C)C[C@H]3OC(=O)[C@@H](CN4C[C@@]5(C)CN(C)C[C@](C)(C4)C5)[C@H]3C[C@@H]12. The van der Waals surface area contributed by atoms with E-state index in [4.69, 9.17) is 4.74 Å². The lowest BCUT2D eigenvalue weighted by molar-refractivity contribution is -0.147. The third-order valence-corrected chi connectivity index (χ3v) is 9.14. The average Bonchev–Trinajstić information content (AvgIpc) is 2.84. The largest absolute Gasteiger partial charge is 0.462 e. The summed E-state index contributed by atoms with van der Waals surface area (Å²) < 4.78 is 6.03. The van der Waals surface area contributed by atoms with Crippen molar-refractivity contribution < 1.29 is 9.53 Å². The summed E-state index contributed by atoms with van der Waals surface area (Å²) in [5, 5.41) is 0. The first kappa shape index (κ1) is 20.1. The van der Waals surface area contributed by atoms with E-state index in [9.17, 15) is 4.79 Å². The molecule has 0 spiro atoms. The van der Waals surface area contributed by atoms with Gasteiger partial charge in [-0.25, -0.2) is 0 Å². The zero-order chi connectivity index (χ0) is 20.6. The lowest BCUT2D eigenvalue weighted by Gasteiger charge is -2.56. The van der Waals surface area contributed by atoms with Gasteiger partial charge in [0.1, 0.15) is 6.10 Å². The van der Waals surface area contributed by atoms with Crippen molar-refractivity contribution in [3.05, 3.63) is 12.2 Å². The third kappa shape index (κ3) is 3.39. The first-order valence-electron chi connectivity index (χ1n) is 11.9. The highest BCUT2D eigenvalue weighted by atomic mass is 16.6. The van der Waals surface area contributed by atoms with E-state index in [2.05, 4.69) is 44.2 Å². The molecule has 5 rings (SSSR count). The molecule has 5 aliphatic rings. The molecule has 0 amide bonds. The average molecular weight is 401 g/mol. The number of fused-ring (bicyclic) bond motifs is 4. The van der Waals surface area contributed by atoms with E-state index < -0.39 is 0 Å². The molecule has 0 N–H and O–H groups in total. The maximum absolute atomic E-state index is 13.0. The fraction of sp³-hybridized carbons (Fsp3) is 0.880. The van der Waals surface area contributed by atoms with Crippen LogP contribution in [0.2, 0.25) is 0 Å². The van der Waals surface area contributed by atoms with Crippen molar-refractivity contribution in [1.82, 2.24) is 9.80 Å². The molecule has 3 aliphatic heterocycles. The molecular weight excluding hydrogens is 360 g/mol. The maximum Gasteiger partial charge on any atom is 0.310 e. The Morgan fingerprint density at radius 1 is 1.14 bits per heavy atom. The second-order valence-electron chi connectivity index (χ2n) is 12.5. The molecule has 4 nitrogen and oxygen atoms in total. The van der Waals surface area contributed by atoms with Gasteiger partial charge in [-0.1, -0.05) is 32.9 Å². The number of carbonyl (C=O) groups excluding carboxylic acids is 1. The van der Waals surface area contributed by atoms with Crippen LogP contribution in [0.3, 0.4) is 0 Å². The molecule has 3 heterocycles. The molecule has 3 saturated heterocycles. The smallest absolute Gasteiger partial charge is 0.310 e. The number of carbonyl (C=O) groups is 1. The Morgan fingerprint density at radius 2 is 1.83 bits per heavy atom. The Kier molecular flexibility index (Phi) is 4.54. The molecule has 2 aliphatic carbocycles. The van der Waals surface area contributed by atoms with E-state index in [1.54, 1.807) is 0 Å². The van der Waals surface area contributed by atoms with Crippen LogP contribution in [0.25, 0.3) is 0 Å². The first-order chi connectivity index (χ1) is 13.6. The molecule has 7 atom stereocenters. The lowest BCUT2D eigenvalue weighted by Crippen LogP contribution is -2.62. The van der Waals surface area contributed by atoms with Crippen molar-refractivity contribution in [2.24, 2.45) is 34.0 Å². The van der Waals surface area contributed by atoms with E-state index in [-0.39, 0.29) is 18.0 Å². The molecule has 2 saturated carbocycles. The van der Waals surface area contributed by atoms with Gasteiger partial charge in [-0.05, 0) is 67.7 Å². The molecule has 0 radical (unpaired) electrons. The minimum atomic E-state index is 0.0584. The summed E-state index contributed by atoms with van der Waals surface area (Å²) in [6.07, 6.45) is 7.29. The van der Waals surface area contributed by atoms with Crippen LogP contribution in [-0.2, 0) is 9.53 Å². The number of hydrogen-bond acceptors (Lipinski definition) is 4. The standard InChI is InChI=1S/C25H40N2O2/c1-17-7-6-8-25(4)10-21-18(9-20(17)25)19(22(28)29-21)11-27-15-23(2)12-24(3,16-27)14-26(5)13-23/h18-21H,1,6-16H2,2-5H3/t18-,19+,20+,21-,23-,24-,25-/m1/s1. The summed E-state index contributed by atoms with van der Waals surface area (Å²) in [6.45, 7) is 17.2. The van der Waals surface area contributed by atoms with E-state index >= 15 is 0 Å². The Bertz CT molecular complexity index is 702. The normalized spacial score (nSPS) is 50.8. The summed E-state index contributed by atoms with van der Waals surface area (Å²) in [4.78, 5) is 18.1. The van der Waals surface area contributed by atoms with Gasteiger partial charge in [0, 0.05) is 38.6 Å². The molecule has 162 valence electrons. The maximum atomic E-state index is 13.0. The number of hydrogen-bond donors (Lipinski definition) is 0. The summed E-state index contributed by atoms with van der Waals surface area (Å²) in [6, 6.07) is 0. The monoisotopic (exact) mass is 400 g/mol. The second-order valence-corrected chi connectivity index (χ2v) is 12.5. The fourth-order valence-corrected chi connectivity index (χ4v) is 8.72. The Hall–Kier alpha value is -0.870. The summed E-state index contributed by atoms with van der Waals surface area (Å²) >= 11 is 0. The molecule has 0 aromatic rings. The van der Waals surface area contributed by atoms with Gasteiger partial charge < -0.3 is 14.5 Å². The van der Waals surface area contributed by atoms with E-state index in [0.29, 0.717) is 28.1 Å². The van der Waals surface area contributed by atoms with Crippen molar-refractivity contribution in [2.45, 2.75) is 65.4 Å². The van der Waals surface area contributed by atoms with Gasteiger partial charge in [0.05, 0.1) is 5.92 Å². The van der Waals surface area contributed by atoms with Crippen molar-refractivity contribution in [2.75, 3.05) is 39.8 Å². The number of ether oxygens (including phenoxy) is 1. The van der Waals surface area contributed by atoms with Crippen LogP contribution in [0.1, 0.15) is 59.3 Å². The van der Waals surface area contributed by atoms with Crippen molar-refractivity contribution in [3.63, 3.8) is 0 Å². The molecule has 0 aromatic carbocycles. The molecule has 0 unspecified atom stereocenters. The number of allylic oxidation sites excluding steroid dienone is 1. The van der Waals surface area contributed by atoms with Gasteiger partial charge in [-0.2, -0.15) is 0 Å². The molecule has 29 heavy (non-hydrogen) atoms. The molecular formula is C25H40N2O2. The predicted octanol–water partition coefficient (Wildman–Crippen LogP) is 3.96. The van der Waals surface area contributed by atoms with E-state index in [0.717, 1.165) is 32.5 Å². The number of nitrogens with zero attached hydrogens (tertiary/aromatic N) is 2. The second kappa shape index (κ2) is 6.56. The van der Waals surface area contributed by atoms with Crippen molar-refractivity contribution >= 4 is 5.97 Å². The molecule has 4 heteroatoms. The van der Waals surface area contributed by atoms with Gasteiger partial charge >= 0.3 is 5.97 Å².